The van der Waals surface area contributed by atoms with E-state index in [1.54, 1.807) is 0 Å². The zero-order valence-electron chi connectivity index (χ0n) is 11.8. The Morgan fingerprint density at radius 2 is 1.82 bits per heavy atom. The molecule has 0 aromatic rings. The van der Waals surface area contributed by atoms with Crippen molar-refractivity contribution >= 4 is 5.91 Å². The van der Waals surface area contributed by atoms with E-state index in [-0.39, 0.29) is 5.91 Å². The monoisotopic (exact) mass is 240 g/mol. The second-order valence-electron chi connectivity index (χ2n) is 5.70. The van der Waals surface area contributed by atoms with Crippen molar-refractivity contribution in [2.24, 2.45) is 11.3 Å². The highest BCUT2D eigenvalue weighted by molar-refractivity contribution is 5.78. The molecule has 17 heavy (non-hydrogen) atoms. The molecule has 0 aromatic heterocycles. The zero-order chi connectivity index (χ0) is 12.9. The number of amides is 1. The minimum atomic E-state index is 0.137. The van der Waals surface area contributed by atoms with Gasteiger partial charge < -0.3 is 10.6 Å². The first kappa shape index (κ1) is 14.5. The lowest BCUT2D eigenvalue weighted by Crippen LogP contribution is -2.41. The van der Waals surface area contributed by atoms with Crippen molar-refractivity contribution in [2.75, 3.05) is 13.1 Å². The molecule has 3 nitrogen and oxygen atoms in total. The molecular weight excluding hydrogens is 212 g/mol. The molecule has 0 radical (unpaired) electrons. The summed E-state index contributed by atoms with van der Waals surface area (Å²) < 4.78 is 0. The summed E-state index contributed by atoms with van der Waals surface area (Å²) in [6.07, 6.45) is 4.65. The number of rotatable bonds is 8. The average molecular weight is 240 g/mol. The van der Waals surface area contributed by atoms with Crippen molar-refractivity contribution in [2.45, 2.75) is 59.4 Å². The zero-order valence-corrected chi connectivity index (χ0v) is 11.8. The van der Waals surface area contributed by atoms with E-state index >= 15 is 0 Å². The first-order valence-corrected chi connectivity index (χ1v) is 7.04. The fourth-order valence-corrected chi connectivity index (χ4v) is 2.32. The second kappa shape index (κ2) is 6.39. The molecule has 0 saturated heterocycles. The topological polar surface area (TPSA) is 41.1 Å². The summed E-state index contributed by atoms with van der Waals surface area (Å²) in [5, 5.41) is 6.36. The number of hydrogen-bond acceptors (Lipinski definition) is 2. The van der Waals surface area contributed by atoms with Crippen molar-refractivity contribution in [3.8, 4) is 0 Å². The molecule has 3 heteroatoms. The summed E-state index contributed by atoms with van der Waals surface area (Å²) in [6, 6.07) is 0.337. The second-order valence-corrected chi connectivity index (χ2v) is 5.70. The largest absolute Gasteiger partial charge is 0.352 e. The van der Waals surface area contributed by atoms with Crippen LogP contribution in [0, 0.1) is 11.3 Å². The maximum Gasteiger partial charge on any atom is 0.234 e. The first-order chi connectivity index (χ1) is 8.04. The normalized spacial score (nSPS) is 17.5. The van der Waals surface area contributed by atoms with E-state index in [1.165, 1.54) is 12.8 Å². The molecule has 1 amide bonds. The molecule has 0 aromatic carbocycles. The molecule has 0 atom stereocenters. The van der Waals surface area contributed by atoms with Gasteiger partial charge in [-0.05, 0) is 37.0 Å². The first-order valence-electron chi connectivity index (χ1n) is 7.04. The van der Waals surface area contributed by atoms with Crippen LogP contribution in [-0.4, -0.2) is 25.0 Å². The van der Waals surface area contributed by atoms with Crippen LogP contribution in [0.2, 0.25) is 0 Å². The van der Waals surface area contributed by atoms with E-state index in [9.17, 15) is 4.79 Å². The van der Waals surface area contributed by atoms with Gasteiger partial charge in [-0.15, -0.1) is 0 Å². The molecule has 0 aliphatic heterocycles. The van der Waals surface area contributed by atoms with Crippen LogP contribution in [0.3, 0.4) is 0 Å². The lowest BCUT2D eigenvalue weighted by Gasteiger charge is -2.20. The Kier molecular flexibility index (Phi) is 5.44. The van der Waals surface area contributed by atoms with E-state index in [4.69, 9.17) is 0 Å². The molecule has 0 unspecified atom stereocenters. The van der Waals surface area contributed by atoms with Gasteiger partial charge in [0.25, 0.3) is 0 Å². The third-order valence-electron chi connectivity index (χ3n) is 4.23. The highest BCUT2D eigenvalue weighted by atomic mass is 16.1. The van der Waals surface area contributed by atoms with E-state index in [2.05, 4.69) is 38.3 Å². The van der Waals surface area contributed by atoms with Crippen LogP contribution in [0.15, 0.2) is 0 Å². The molecule has 0 heterocycles. The van der Waals surface area contributed by atoms with Crippen molar-refractivity contribution in [1.82, 2.24) is 10.6 Å². The molecule has 1 aliphatic carbocycles. The van der Waals surface area contributed by atoms with Gasteiger partial charge in [0.1, 0.15) is 0 Å². The lowest BCUT2D eigenvalue weighted by molar-refractivity contribution is -0.121. The van der Waals surface area contributed by atoms with Crippen molar-refractivity contribution in [3.05, 3.63) is 0 Å². The van der Waals surface area contributed by atoms with Crippen molar-refractivity contribution in [3.63, 3.8) is 0 Å². The number of carbonyl (C=O) groups excluding carboxylic acids is 1. The van der Waals surface area contributed by atoms with Crippen molar-refractivity contribution in [1.29, 1.82) is 0 Å². The average Bonchev–Trinajstić information content (AvgIpc) is 3.07. The molecule has 0 spiro atoms. The van der Waals surface area contributed by atoms with Crippen molar-refractivity contribution < 1.29 is 4.79 Å². The Morgan fingerprint density at radius 3 is 2.24 bits per heavy atom. The van der Waals surface area contributed by atoms with Crippen LogP contribution in [0.25, 0.3) is 0 Å². The SMILES string of the molecule is CCC(CC)NC(=O)CNCC1(C(C)C)CC1. The summed E-state index contributed by atoms with van der Waals surface area (Å²) in [4.78, 5) is 11.7. The van der Waals surface area contributed by atoms with Gasteiger partial charge >= 0.3 is 0 Å². The highest BCUT2D eigenvalue weighted by Gasteiger charge is 2.44. The van der Waals surface area contributed by atoms with Gasteiger partial charge in [-0.25, -0.2) is 0 Å². The Balaban J connectivity index is 2.16. The molecule has 1 aliphatic rings. The lowest BCUT2D eigenvalue weighted by atomic mass is 9.92. The van der Waals surface area contributed by atoms with Crippen LogP contribution in [-0.2, 0) is 4.79 Å². The van der Waals surface area contributed by atoms with Gasteiger partial charge in [-0.3, -0.25) is 4.79 Å². The molecule has 1 saturated carbocycles. The summed E-state index contributed by atoms with van der Waals surface area (Å²) in [5.74, 6) is 0.857. The third-order valence-corrected chi connectivity index (χ3v) is 4.23. The van der Waals surface area contributed by atoms with E-state index < -0.39 is 0 Å². The Labute approximate surface area is 106 Å². The molecular formula is C14H28N2O. The Morgan fingerprint density at radius 1 is 1.24 bits per heavy atom. The molecule has 1 rings (SSSR count). The smallest absolute Gasteiger partial charge is 0.234 e. The fourth-order valence-electron chi connectivity index (χ4n) is 2.32. The Bertz CT molecular complexity index is 243. The van der Waals surface area contributed by atoms with Gasteiger partial charge in [-0.1, -0.05) is 27.7 Å². The van der Waals surface area contributed by atoms with Crippen LogP contribution < -0.4 is 10.6 Å². The number of carbonyl (C=O) groups is 1. The molecule has 1 fully saturated rings. The predicted octanol–water partition coefficient (Wildman–Crippen LogP) is 2.32. The highest BCUT2D eigenvalue weighted by Crippen LogP contribution is 2.51. The Hall–Kier alpha value is -0.570. The molecule has 0 bridgehead atoms. The number of nitrogens with one attached hydrogen (secondary N) is 2. The van der Waals surface area contributed by atoms with Crippen LogP contribution in [0.5, 0.6) is 0 Å². The van der Waals surface area contributed by atoms with E-state index in [0.717, 1.165) is 25.3 Å². The van der Waals surface area contributed by atoms with Crippen LogP contribution >= 0.6 is 0 Å². The minimum absolute atomic E-state index is 0.137. The summed E-state index contributed by atoms with van der Waals surface area (Å²) in [7, 11) is 0. The third kappa shape index (κ3) is 4.30. The van der Waals surface area contributed by atoms with Crippen LogP contribution in [0.1, 0.15) is 53.4 Å². The van der Waals surface area contributed by atoms with E-state index in [0.29, 0.717) is 18.0 Å². The van der Waals surface area contributed by atoms with Crippen LogP contribution in [0.4, 0.5) is 0 Å². The summed E-state index contributed by atoms with van der Waals surface area (Å²) in [5.41, 5.74) is 0.481. The summed E-state index contributed by atoms with van der Waals surface area (Å²) >= 11 is 0. The van der Waals surface area contributed by atoms with Gasteiger partial charge in [0.15, 0.2) is 0 Å². The minimum Gasteiger partial charge on any atom is -0.352 e. The summed E-state index contributed by atoms with van der Waals surface area (Å²) in [6.45, 7) is 10.2. The van der Waals surface area contributed by atoms with Gasteiger partial charge in [-0.2, -0.15) is 0 Å². The van der Waals surface area contributed by atoms with Gasteiger partial charge in [0.2, 0.25) is 5.91 Å². The van der Waals surface area contributed by atoms with Gasteiger partial charge in [0.05, 0.1) is 6.54 Å². The standard InChI is InChI=1S/C14H28N2O/c1-5-12(6-2)16-13(17)9-15-10-14(7-8-14)11(3)4/h11-12,15H,5-10H2,1-4H3,(H,16,17). The number of hydrogen-bond donors (Lipinski definition) is 2. The van der Waals surface area contributed by atoms with E-state index in [1.807, 2.05) is 0 Å². The molecule has 100 valence electrons. The molecule has 2 N–H and O–H groups in total. The predicted molar refractivity (Wildman–Crippen MR) is 71.9 cm³/mol. The van der Waals surface area contributed by atoms with Gasteiger partial charge in [0, 0.05) is 12.6 Å². The maximum absolute atomic E-state index is 11.7. The maximum atomic E-state index is 11.7. The fraction of sp³-hybridized carbons (Fsp3) is 0.929. The quantitative estimate of drug-likeness (QED) is 0.683.